The Morgan fingerprint density at radius 2 is 1.95 bits per heavy atom. The SMILES string of the molecule is Cc1ncc(CNC(C)CC(C)(C)c2ccccc2)s1. The van der Waals surface area contributed by atoms with Crippen LogP contribution in [0.4, 0.5) is 0 Å². The molecule has 0 aliphatic rings. The smallest absolute Gasteiger partial charge is 0.0897 e. The van der Waals surface area contributed by atoms with Gasteiger partial charge in [-0.05, 0) is 31.2 Å². The molecular weight excluding hydrogens is 264 g/mol. The molecule has 1 N–H and O–H groups in total. The molecule has 0 aliphatic carbocycles. The van der Waals surface area contributed by atoms with Crippen molar-refractivity contribution in [2.24, 2.45) is 0 Å². The summed E-state index contributed by atoms with van der Waals surface area (Å²) in [5.74, 6) is 0. The van der Waals surface area contributed by atoms with Gasteiger partial charge in [-0.2, -0.15) is 0 Å². The zero-order valence-corrected chi connectivity index (χ0v) is 13.6. The maximum absolute atomic E-state index is 4.30. The fraction of sp³-hybridized carbons (Fsp3) is 0.471. The Morgan fingerprint density at radius 1 is 1.25 bits per heavy atom. The van der Waals surface area contributed by atoms with E-state index in [0.717, 1.165) is 18.0 Å². The van der Waals surface area contributed by atoms with Crippen molar-refractivity contribution >= 4 is 11.3 Å². The molecule has 3 heteroatoms. The van der Waals surface area contributed by atoms with Crippen molar-refractivity contribution in [1.29, 1.82) is 0 Å². The van der Waals surface area contributed by atoms with Crippen LogP contribution in [0.5, 0.6) is 0 Å². The number of rotatable bonds is 6. The van der Waals surface area contributed by atoms with Crippen LogP contribution in [0.15, 0.2) is 36.5 Å². The summed E-state index contributed by atoms with van der Waals surface area (Å²) in [6.07, 6.45) is 3.09. The Hall–Kier alpha value is -1.19. The second kappa shape index (κ2) is 6.51. The molecule has 108 valence electrons. The van der Waals surface area contributed by atoms with Crippen LogP contribution in [-0.4, -0.2) is 11.0 Å². The predicted molar refractivity (Wildman–Crippen MR) is 87.2 cm³/mol. The quantitative estimate of drug-likeness (QED) is 0.857. The zero-order valence-electron chi connectivity index (χ0n) is 12.8. The maximum Gasteiger partial charge on any atom is 0.0897 e. The molecule has 20 heavy (non-hydrogen) atoms. The molecule has 0 aliphatic heterocycles. The summed E-state index contributed by atoms with van der Waals surface area (Å²) in [7, 11) is 0. The van der Waals surface area contributed by atoms with Crippen molar-refractivity contribution in [3.63, 3.8) is 0 Å². The van der Waals surface area contributed by atoms with Crippen LogP contribution in [0.3, 0.4) is 0 Å². The fourth-order valence-electron chi connectivity index (χ4n) is 2.61. The van der Waals surface area contributed by atoms with E-state index in [9.17, 15) is 0 Å². The standard InChI is InChI=1S/C17H24N2S/c1-13(18-11-16-12-19-14(2)20-16)10-17(3,4)15-8-6-5-7-9-15/h5-9,12-13,18H,10-11H2,1-4H3. The lowest BCUT2D eigenvalue weighted by atomic mass is 9.79. The van der Waals surface area contributed by atoms with Gasteiger partial charge >= 0.3 is 0 Å². The van der Waals surface area contributed by atoms with Crippen molar-refractivity contribution in [2.75, 3.05) is 0 Å². The third kappa shape index (κ3) is 4.15. The van der Waals surface area contributed by atoms with Crippen molar-refractivity contribution in [1.82, 2.24) is 10.3 Å². The lowest BCUT2D eigenvalue weighted by Gasteiger charge is -2.29. The van der Waals surface area contributed by atoms with E-state index in [2.05, 4.69) is 68.3 Å². The first-order valence-corrected chi connectivity index (χ1v) is 7.99. The van der Waals surface area contributed by atoms with Crippen molar-refractivity contribution in [2.45, 2.75) is 52.1 Å². The number of nitrogens with zero attached hydrogens (tertiary/aromatic N) is 1. The van der Waals surface area contributed by atoms with Crippen molar-refractivity contribution in [3.05, 3.63) is 52.0 Å². The van der Waals surface area contributed by atoms with Crippen LogP contribution in [-0.2, 0) is 12.0 Å². The van der Waals surface area contributed by atoms with E-state index >= 15 is 0 Å². The Balaban J connectivity index is 1.89. The molecule has 1 unspecified atom stereocenters. The second-order valence-corrected chi connectivity index (χ2v) is 7.40. The van der Waals surface area contributed by atoms with Crippen LogP contribution in [0.25, 0.3) is 0 Å². The summed E-state index contributed by atoms with van der Waals surface area (Å²) < 4.78 is 0. The summed E-state index contributed by atoms with van der Waals surface area (Å²) in [4.78, 5) is 5.61. The molecular formula is C17H24N2S. The molecule has 0 fully saturated rings. The lowest BCUT2D eigenvalue weighted by molar-refractivity contribution is 0.389. The maximum atomic E-state index is 4.30. The van der Waals surface area contributed by atoms with Gasteiger partial charge in [0.25, 0.3) is 0 Å². The molecule has 0 spiro atoms. The van der Waals surface area contributed by atoms with Crippen molar-refractivity contribution < 1.29 is 0 Å². The minimum atomic E-state index is 0.192. The Morgan fingerprint density at radius 3 is 2.55 bits per heavy atom. The minimum Gasteiger partial charge on any atom is -0.309 e. The van der Waals surface area contributed by atoms with E-state index in [1.807, 2.05) is 6.20 Å². The van der Waals surface area contributed by atoms with Gasteiger partial charge in [0.2, 0.25) is 0 Å². The summed E-state index contributed by atoms with van der Waals surface area (Å²) in [5.41, 5.74) is 1.60. The number of aryl methyl sites for hydroxylation is 1. The molecule has 2 aromatic rings. The number of benzene rings is 1. The number of nitrogens with one attached hydrogen (secondary N) is 1. The molecule has 2 nitrogen and oxygen atoms in total. The molecule has 0 amide bonds. The minimum absolute atomic E-state index is 0.192. The summed E-state index contributed by atoms with van der Waals surface area (Å²) in [6, 6.07) is 11.2. The van der Waals surface area contributed by atoms with Gasteiger partial charge in [-0.25, -0.2) is 4.98 Å². The molecule has 1 heterocycles. The molecule has 1 aromatic carbocycles. The highest BCUT2D eigenvalue weighted by atomic mass is 32.1. The van der Waals surface area contributed by atoms with Crippen LogP contribution in [0, 0.1) is 6.92 Å². The summed E-state index contributed by atoms with van der Waals surface area (Å²) >= 11 is 1.77. The lowest BCUT2D eigenvalue weighted by Crippen LogP contribution is -2.32. The number of hydrogen-bond acceptors (Lipinski definition) is 3. The first-order valence-electron chi connectivity index (χ1n) is 7.17. The number of hydrogen-bond donors (Lipinski definition) is 1. The van der Waals surface area contributed by atoms with Gasteiger partial charge in [0, 0.05) is 23.7 Å². The Kier molecular flexibility index (Phi) is 4.95. The molecule has 2 rings (SSSR count). The molecule has 1 atom stereocenters. The molecule has 0 bridgehead atoms. The average molecular weight is 288 g/mol. The third-order valence-corrected chi connectivity index (χ3v) is 4.58. The summed E-state index contributed by atoms with van der Waals surface area (Å²) in [5, 5.41) is 4.75. The van der Waals surface area contributed by atoms with E-state index in [-0.39, 0.29) is 5.41 Å². The first-order chi connectivity index (χ1) is 9.47. The monoisotopic (exact) mass is 288 g/mol. The Labute approximate surface area is 126 Å². The zero-order chi connectivity index (χ0) is 14.6. The average Bonchev–Trinajstić information content (AvgIpc) is 2.83. The van der Waals surface area contributed by atoms with E-state index < -0.39 is 0 Å². The van der Waals surface area contributed by atoms with Crippen LogP contribution >= 0.6 is 11.3 Å². The van der Waals surface area contributed by atoms with E-state index in [1.54, 1.807) is 11.3 Å². The van der Waals surface area contributed by atoms with E-state index in [4.69, 9.17) is 0 Å². The van der Waals surface area contributed by atoms with Gasteiger partial charge in [-0.3, -0.25) is 0 Å². The van der Waals surface area contributed by atoms with Gasteiger partial charge < -0.3 is 5.32 Å². The Bertz CT molecular complexity index is 531. The van der Waals surface area contributed by atoms with Crippen molar-refractivity contribution in [3.8, 4) is 0 Å². The third-order valence-electron chi connectivity index (χ3n) is 3.67. The van der Waals surface area contributed by atoms with E-state index in [0.29, 0.717) is 6.04 Å². The molecule has 0 saturated carbocycles. The van der Waals surface area contributed by atoms with Gasteiger partial charge in [0.1, 0.15) is 0 Å². The molecule has 1 aromatic heterocycles. The number of thiazole rings is 1. The highest BCUT2D eigenvalue weighted by molar-refractivity contribution is 7.11. The highest BCUT2D eigenvalue weighted by Gasteiger charge is 2.22. The fourth-order valence-corrected chi connectivity index (χ4v) is 3.35. The van der Waals surface area contributed by atoms with Crippen LogP contribution in [0.2, 0.25) is 0 Å². The van der Waals surface area contributed by atoms with Crippen LogP contribution < -0.4 is 5.32 Å². The van der Waals surface area contributed by atoms with Gasteiger partial charge in [0.05, 0.1) is 5.01 Å². The number of aromatic nitrogens is 1. The van der Waals surface area contributed by atoms with Gasteiger partial charge in [-0.15, -0.1) is 11.3 Å². The predicted octanol–water partition coefficient (Wildman–Crippen LogP) is 4.30. The van der Waals surface area contributed by atoms with E-state index in [1.165, 1.54) is 10.4 Å². The second-order valence-electron chi connectivity index (χ2n) is 6.08. The molecule has 0 radical (unpaired) electrons. The topological polar surface area (TPSA) is 24.9 Å². The largest absolute Gasteiger partial charge is 0.309 e. The van der Waals surface area contributed by atoms with Gasteiger partial charge in [0.15, 0.2) is 0 Å². The highest BCUT2D eigenvalue weighted by Crippen LogP contribution is 2.28. The first kappa shape index (κ1) is 15.2. The normalized spacial score (nSPS) is 13.4. The molecule has 0 saturated heterocycles. The summed E-state index contributed by atoms with van der Waals surface area (Å²) in [6.45, 7) is 9.86. The van der Waals surface area contributed by atoms with Gasteiger partial charge in [-0.1, -0.05) is 44.2 Å². The van der Waals surface area contributed by atoms with Crippen LogP contribution in [0.1, 0.15) is 42.6 Å².